The lowest BCUT2D eigenvalue weighted by Crippen LogP contribution is -2.24. The summed E-state index contributed by atoms with van der Waals surface area (Å²) in [5, 5.41) is 10.6. The largest absolute Gasteiger partial charge is 0.351 e. The smallest absolute Gasteiger partial charge is 0.272 e. The maximum absolute atomic E-state index is 11.8. The van der Waals surface area contributed by atoms with Gasteiger partial charge in [0.05, 0.1) is 5.52 Å². The summed E-state index contributed by atoms with van der Waals surface area (Å²) in [6.45, 7) is 4.70. The van der Waals surface area contributed by atoms with Gasteiger partial charge in [-0.05, 0) is 25.5 Å². The van der Waals surface area contributed by atoms with Crippen LogP contribution in [-0.2, 0) is 0 Å². The lowest BCUT2D eigenvalue weighted by atomic mass is 10.1. The molecule has 1 amide bonds. The molecule has 0 aliphatic heterocycles. The molecule has 1 aromatic heterocycles. The van der Waals surface area contributed by atoms with Gasteiger partial charge in [0, 0.05) is 11.9 Å². The maximum Gasteiger partial charge on any atom is 0.272 e. The fraction of sp³-hybridized carbons (Fsp3) is 0.333. The molecule has 0 saturated carbocycles. The first-order chi connectivity index (χ1) is 7.72. The van der Waals surface area contributed by atoms with Gasteiger partial charge in [0.25, 0.3) is 5.91 Å². The fourth-order valence-electron chi connectivity index (χ4n) is 1.62. The molecule has 1 aromatic carbocycles. The molecular weight excluding hydrogens is 202 g/mol. The van der Waals surface area contributed by atoms with E-state index in [1.807, 2.05) is 32.0 Å². The van der Waals surface area contributed by atoms with Gasteiger partial charge in [-0.1, -0.05) is 18.6 Å². The number of carbonyl (C=O) groups excluding carboxylic acids is 1. The van der Waals surface area contributed by atoms with Gasteiger partial charge in [-0.15, -0.1) is 0 Å². The summed E-state index contributed by atoms with van der Waals surface area (Å²) < 4.78 is 0. The van der Waals surface area contributed by atoms with E-state index in [0.29, 0.717) is 12.2 Å². The first kappa shape index (κ1) is 10.7. The molecule has 2 aromatic rings. The van der Waals surface area contributed by atoms with Crippen LogP contribution in [0.3, 0.4) is 0 Å². The minimum Gasteiger partial charge on any atom is -0.351 e. The van der Waals surface area contributed by atoms with Crippen molar-refractivity contribution in [2.24, 2.45) is 0 Å². The Bertz CT molecular complexity index is 516. The van der Waals surface area contributed by atoms with Crippen LogP contribution in [0, 0.1) is 6.92 Å². The van der Waals surface area contributed by atoms with Crippen LogP contribution in [0.25, 0.3) is 10.9 Å². The number of hydrogen-bond acceptors (Lipinski definition) is 2. The highest BCUT2D eigenvalue weighted by Crippen LogP contribution is 2.17. The zero-order valence-corrected chi connectivity index (χ0v) is 9.50. The van der Waals surface area contributed by atoms with E-state index in [0.717, 1.165) is 22.9 Å². The third kappa shape index (κ3) is 1.91. The maximum atomic E-state index is 11.8. The molecule has 0 bridgehead atoms. The molecule has 0 aliphatic rings. The minimum absolute atomic E-state index is 0.112. The van der Waals surface area contributed by atoms with Crippen molar-refractivity contribution < 1.29 is 4.79 Å². The molecular formula is C12H15N3O. The molecule has 84 valence electrons. The Morgan fingerprint density at radius 2 is 2.31 bits per heavy atom. The molecule has 0 unspecified atom stereocenters. The number of carbonyl (C=O) groups is 1. The second-order valence-corrected chi connectivity index (χ2v) is 3.88. The predicted octanol–water partition coefficient (Wildman–Crippen LogP) is 2.01. The lowest BCUT2D eigenvalue weighted by Gasteiger charge is -2.00. The quantitative estimate of drug-likeness (QED) is 0.826. The molecule has 0 fully saturated rings. The highest BCUT2D eigenvalue weighted by Gasteiger charge is 2.12. The Hall–Kier alpha value is -1.84. The van der Waals surface area contributed by atoms with Crippen LogP contribution in [0.4, 0.5) is 0 Å². The highest BCUT2D eigenvalue weighted by molar-refractivity contribution is 6.04. The fourth-order valence-corrected chi connectivity index (χ4v) is 1.62. The first-order valence-electron chi connectivity index (χ1n) is 5.45. The number of aromatic amines is 1. The molecule has 1 heterocycles. The molecule has 0 atom stereocenters. The Kier molecular flexibility index (Phi) is 2.90. The normalized spacial score (nSPS) is 10.6. The average molecular weight is 217 g/mol. The number of aromatic nitrogens is 2. The number of benzene rings is 1. The molecule has 4 heteroatoms. The zero-order chi connectivity index (χ0) is 11.5. The summed E-state index contributed by atoms with van der Waals surface area (Å²) in [4.78, 5) is 11.8. The number of rotatable bonds is 3. The van der Waals surface area contributed by atoms with Crippen LogP contribution in [0.5, 0.6) is 0 Å². The molecule has 4 nitrogen and oxygen atoms in total. The van der Waals surface area contributed by atoms with Gasteiger partial charge in [0.15, 0.2) is 5.69 Å². The van der Waals surface area contributed by atoms with Crippen molar-refractivity contribution in [3.63, 3.8) is 0 Å². The van der Waals surface area contributed by atoms with E-state index in [4.69, 9.17) is 0 Å². The zero-order valence-electron chi connectivity index (χ0n) is 9.50. The van der Waals surface area contributed by atoms with E-state index in [1.54, 1.807) is 0 Å². The van der Waals surface area contributed by atoms with Gasteiger partial charge in [-0.2, -0.15) is 5.10 Å². The molecule has 0 aliphatic carbocycles. The van der Waals surface area contributed by atoms with Crippen LogP contribution < -0.4 is 5.32 Å². The minimum atomic E-state index is -0.112. The standard InChI is InChI=1S/C12H15N3O/c1-3-6-13-12(16)11-9-7-8(2)4-5-10(9)14-15-11/h4-5,7H,3,6H2,1-2H3,(H,13,16)(H,14,15). The van der Waals surface area contributed by atoms with E-state index in [9.17, 15) is 4.79 Å². The molecule has 0 spiro atoms. The second-order valence-electron chi connectivity index (χ2n) is 3.88. The lowest BCUT2D eigenvalue weighted by molar-refractivity contribution is 0.0950. The van der Waals surface area contributed by atoms with Crippen molar-refractivity contribution in [1.29, 1.82) is 0 Å². The summed E-state index contributed by atoms with van der Waals surface area (Å²) in [5.74, 6) is -0.112. The monoisotopic (exact) mass is 217 g/mol. The van der Waals surface area contributed by atoms with Gasteiger partial charge in [-0.3, -0.25) is 9.89 Å². The SMILES string of the molecule is CCCNC(=O)c1n[nH]c2ccc(C)cc12. The first-order valence-corrected chi connectivity index (χ1v) is 5.45. The van der Waals surface area contributed by atoms with E-state index in [2.05, 4.69) is 15.5 Å². The number of fused-ring (bicyclic) bond motifs is 1. The summed E-state index contributed by atoms with van der Waals surface area (Å²) in [6, 6.07) is 5.90. The van der Waals surface area contributed by atoms with Gasteiger partial charge < -0.3 is 5.32 Å². The van der Waals surface area contributed by atoms with E-state index >= 15 is 0 Å². The number of aryl methyl sites for hydroxylation is 1. The van der Waals surface area contributed by atoms with Crippen molar-refractivity contribution >= 4 is 16.8 Å². The van der Waals surface area contributed by atoms with Crippen LogP contribution in [0.2, 0.25) is 0 Å². The average Bonchev–Trinajstić information content (AvgIpc) is 2.68. The van der Waals surface area contributed by atoms with E-state index in [1.165, 1.54) is 0 Å². The number of hydrogen-bond donors (Lipinski definition) is 2. The molecule has 2 N–H and O–H groups in total. The van der Waals surface area contributed by atoms with Crippen LogP contribution in [0.15, 0.2) is 18.2 Å². The van der Waals surface area contributed by atoms with Crippen molar-refractivity contribution in [2.75, 3.05) is 6.54 Å². The van der Waals surface area contributed by atoms with Gasteiger partial charge in [0.1, 0.15) is 0 Å². The van der Waals surface area contributed by atoms with Gasteiger partial charge in [-0.25, -0.2) is 0 Å². The Morgan fingerprint density at radius 1 is 1.50 bits per heavy atom. The van der Waals surface area contributed by atoms with Crippen molar-refractivity contribution in [3.8, 4) is 0 Å². The summed E-state index contributed by atoms with van der Waals surface area (Å²) in [5.41, 5.74) is 2.50. The van der Waals surface area contributed by atoms with Crippen molar-refractivity contribution in [3.05, 3.63) is 29.5 Å². The number of nitrogens with zero attached hydrogens (tertiary/aromatic N) is 1. The van der Waals surface area contributed by atoms with E-state index in [-0.39, 0.29) is 5.91 Å². The number of amides is 1. The number of H-pyrrole nitrogens is 1. The Balaban J connectivity index is 2.37. The van der Waals surface area contributed by atoms with Crippen LogP contribution in [0.1, 0.15) is 29.4 Å². The predicted molar refractivity (Wildman–Crippen MR) is 63.5 cm³/mol. The molecule has 16 heavy (non-hydrogen) atoms. The Labute approximate surface area is 94.0 Å². The van der Waals surface area contributed by atoms with Crippen LogP contribution in [-0.4, -0.2) is 22.6 Å². The van der Waals surface area contributed by atoms with Crippen molar-refractivity contribution in [2.45, 2.75) is 20.3 Å². The highest BCUT2D eigenvalue weighted by atomic mass is 16.1. The third-order valence-corrected chi connectivity index (χ3v) is 2.47. The molecule has 2 rings (SSSR count). The van der Waals surface area contributed by atoms with Crippen LogP contribution >= 0.6 is 0 Å². The molecule has 0 radical (unpaired) electrons. The summed E-state index contributed by atoms with van der Waals surface area (Å²) >= 11 is 0. The summed E-state index contributed by atoms with van der Waals surface area (Å²) in [6.07, 6.45) is 0.924. The van der Waals surface area contributed by atoms with E-state index < -0.39 is 0 Å². The van der Waals surface area contributed by atoms with Gasteiger partial charge >= 0.3 is 0 Å². The van der Waals surface area contributed by atoms with Crippen molar-refractivity contribution in [1.82, 2.24) is 15.5 Å². The number of nitrogens with one attached hydrogen (secondary N) is 2. The second kappa shape index (κ2) is 4.35. The summed E-state index contributed by atoms with van der Waals surface area (Å²) in [7, 11) is 0. The Morgan fingerprint density at radius 3 is 3.06 bits per heavy atom. The molecule has 0 saturated heterocycles. The topological polar surface area (TPSA) is 57.8 Å². The third-order valence-electron chi connectivity index (χ3n) is 2.47. The van der Waals surface area contributed by atoms with Gasteiger partial charge in [0.2, 0.25) is 0 Å².